The third-order valence-electron chi connectivity index (χ3n) is 4.59. The normalized spacial score (nSPS) is 32.3. The molecular weight excluding hydrogens is 384 g/mol. The number of ether oxygens (including phenoxy) is 1. The fourth-order valence-corrected chi connectivity index (χ4v) is 7.57. The molecule has 25 heavy (non-hydrogen) atoms. The number of benzene rings is 1. The van der Waals surface area contributed by atoms with E-state index in [1.165, 1.54) is 11.8 Å². The lowest BCUT2D eigenvalue weighted by atomic mass is 10.2. The lowest BCUT2D eigenvalue weighted by Crippen LogP contribution is -2.38. The molecule has 0 saturated carbocycles. The van der Waals surface area contributed by atoms with Gasteiger partial charge in [-0.2, -0.15) is 4.99 Å². The fraction of sp³-hybridized carbons (Fsp3) is 0.500. The van der Waals surface area contributed by atoms with Gasteiger partial charge in [0.15, 0.2) is 15.0 Å². The van der Waals surface area contributed by atoms with Gasteiger partial charge in [-0.05, 0) is 25.0 Å². The number of carbonyl (C=O) groups excluding carboxylic acids is 1. The third kappa shape index (κ3) is 3.32. The minimum atomic E-state index is -3.10. The number of halogens is 1. The van der Waals surface area contributed by atoms with Gasteiger partial charge in [0, 0.05) is 11.9 Å². The van der Waals surface area contributed by atoms with Gasteiger partial charge >= 0.3 is 0 Å². The second-order valence-electron chi connectivity index (χ2n) is 6.36. The molecule has 3 aliphatic heterocycles. The topological polar surface area (TPSA) is 76.0 Å². The maximum Gasteiger partial charge on any atom is 0.277 e. The molecule has 3 fully saturated rings. The Kier molecular flexibility index (Phi) is 4.56. The molecule has 1 aromatic carbocycles. The van der Waals surface area contributed by atoms with Crippen LogP contribution in [0, 0.1) is 0 Å². The van der Waals surface area contributed by atoms with Crippen LogP contribution < -0.4 is 4.90 Å². The molecule has 3 saturated heterocycles. The lowest BCUT2D eigenvalue weighted by Gasteiger charge is -2.25. The summed E-state index contributed by atoms with van der Waals surface area (Å²) < 4.78 is 29.5. The number of hydrogen-bond donors (Lipinski definition) is 0. The molecule has 3 aliphatic rings. The van der Waals surface area contributed by atoms with Gasteiger partial charge in [0.05, 0.1) is 28.3 Å². The van der Waals surface area contributed by atoms with Gasteiger partial charge < -0.3 is 9.64 Å². The van der Waals surface area contributed by atoms with Crippen molar-refractivity contribution in [3.05, 3.63) is 29.3 Å². The largest absolute Gasteiger partial charge is 0.368 e. The molecule has 4 rings (SSSR count). The number of hydrogen-bond acceptors (Lipinski definition) is 5. The van der Waals surface area contributed by atoms with E-state index >= 15 is 0 Å². The van der Waals surface area contributed by atoms with Gasteiger partial charge in [0.1, 0.15) is 6.10 Å². The summed E-state index contributed by atoms with van der Waals surface area (Å²) >= 11 is 7.67. The number of sulfone groups is 1. The van der Waals surface area contributed by atoms with Crippen LogP contribution in [-0.2, 0) is 19.4 Å². The number of amides is 1. The number of rotatable bonds is 2. The zero-order valence-corrected chi connectivity index (χ0v) is 15.7. The number of carbonyl (C=O) groups is 1. The Bertz CT molecular complexity index is 836. The molecule has 0 bridgehead atoms. The predicted molar refractivity (Wildman–Crippen MR) is 99.2 cm³/mol. The minimum absolute atomic E-state index is 0.0447. The number of nitrogens with zero attached hydrogens (tertiary/aromatic N) is 2. The number of aliphatic imine (C=N–C) groups is 1. The molecule has 1 amide bonds. The maximum atomic E-state index is 12.4. The van der Waals surface area contributed by atoms with Crippen molar-refractivity contribution in [1.82, 2.24) is 0 Å². The van der Waals surface area contributed by atoms with Gasteiger partial charge in [0.25, 0.3) is 5.91 Å². The fourth-order valence-electron chi connectivity index (χ4n) is 3.43. The number of fused-ring (bicyclic) bond motifs is 1. The molecule has 134 valence electrons. The van der Waals surface area contributed by atoms with Crippen molar-refractivity contribution in [2.45, 2.75) is 30.2 Å². The van der Waals surface area contributed by atoms with Crippen LogP contribution in [0.4, 0.5) is 5.69 Å². The monoisotopic (exact) mass is 400 g/mol. The summed E-state index contributed by atoms with van der Waals surface area (Å²) in [6.07, 6.45) is 1.03. The lowest BCUT2D eigenvalue weighted by molar-refractivity contribution is -0.126. The van der Waals surface area contributed by atoms with E-state index in [2.05, 4.69) is 4.99 Å². The number of para-hydroxylation sites is 1. The Hall–Kier alpha value is -1.09. The van der Waals surface area contributed by atoms with Gasteiger partial charge in [0.2, 0.25) is 0 Å². The van der Waals surface area contributed by atoms with E-state index in [4.69, 9.17) is 16.3 Å². The van der Waals surface area contributed by atoms with Crippen molar-refractivity contribution < 1.29 is 17.9 Å². The average molecular weight is 401 g/mol. The highest BCUT2D eigenvalue weighted by Crippen LogP contribution is 2.43. The Morgan fingerprint density at radius 3 is 2.84 bits per heavy atom. The second-order valence-corrected chi connectivity index (χ2v) is 10.1. The molecular formula is C16H17ClN2O4S2. The van der Waals surface area contributed by atoms with E-state index in [-0.39, 0.29) is 28.7 Å². The molecule has 6 nitrogen and oxygen atoms in total. The second kappa shape index (κ2) is 6.57. The number of thioether (sulfide) groups is 1. The van der Waals surface area contributed by atoms with Gasteiger partial charge in [-0.1, -0.05) is 35.5 Å². The van der Waals surface area contributed by atoms with Crippen LogP contribution in [-0.4, -0.2) is 55.0 Å². The Morgan fingerprint density at radius 2 is 2.12 bits per heavy atom. The Labute approximate surface area is 155 Å². The van der Waals surface area contributed by atoms with Crippen LogP contribution in [0.2, 0.25) is 5.02 Å². The molecule has 3 atom stereocenters. The third-order valence-corrected chi connectivity index (χ3v) is 8.12. The molecule has 1 aromatic rings. The standard InChI is InChI=1S/C16H17ClN2O4S2/c17-10-4-1-2-5-11(10)19-12-8-25(21,22)9-14(12)24-16(19)18-15(20)13-6-3-7-23-13/h1-2,4-5,12-14H,3,6-9H2/t12-,13-,14-/m0/s1. The first-order valence-electron chi connectivity index (χ1n) is 8.09. The molecule has 3 heterocycles. The number of anilines is 1. The summed E-state index contributed by atoms with van der Waals surface area (Å²) in [5.41, 5.74) is 0.681. The number of amidine groups is 1. The summed E-state index contributed by atoms with van der Waals surface area (Å²) in [5, 5.41) is 0.876. The highest BCUT2D eigenvalue weighted by molar-refractivity contribution is 8.16. The van der Waals surface area contributed by atoms with E-state index < -0.39 is 15.9 Å². The van der Waals surface area contributed by atoms with Crippen LogP contribution in [0.1, 0.15) is 12.8 Å². The Balaban J connectivity index is 1.71. The molecule has 0 unspecified atom stereocenters. The molecule has 0 aromatic heterocycles. The van der Waals surface area contributed by atoms with Crippen molar-refractivity contribution in [2.24, 2.45) is 4.99 Å². The maximum absolute atomic E-state index is 12.4. The predicted octanol–water partition coefficient (Wildman–Crippen LogP) is 2.12. The average Bonchev–Trinajstić information content (AvgIpc) is 3.23. The zero-order chi connectivity index (χ0) is 17.6. The van der Waals surface area contributed by atoms with Crippen molar-refractivity contribution in [3.63, 3.8) is 0 Å². The molecule has 0 aliphatic carbocycles. The van der Waals surface area contributed by atoms with Crippen molar-refractivity contribution in [2.75, 3.05) is 23.0 Å². The molecule has 0 N–H and O–H groups in total. The summed E-state index contributed by atoms with van der Waals surface area (Å²) in [5.74, 6) is -0.167. The van der Waals surface area contributed by atoms with E-state index in [9.17, 15) is 13.2 Å². The van der Waals surface area contributed by atoms with E-state index in [0.29, 0.717) is 28.9 Å². The van der Waals surface area contributed by atoms with Crippen molar-refractivity contribution >= 4 is 50.0 Å². The van der Waals surface area contributed by atoms with Crippen LogP contribution in [0.15, 0.2) is 29.3 Å². The Morgan fingerprint density at radius 1 is 1.32 bits per heavy atom. The highest BCUT2D eigenvalue weighted by Gasteiger charge is 2.50. The molecule has 9 heteroatoms. The smallest absolute Gasteiger partial charge is 0.277 e. The summed E-state index contributed by atoms with van der Waals surface area (Å²) in [4.78, 5) is 18.5. The van der Waals surface area contributed by atoms with E-state index in [1.807, 2.05) is 23.1 Å². The highest BCUT2D eigenvalue weighted by atomic mass is 35.5. The minimum Gasteiger partial charge on any atom is -0.368 e. The summed E-state index contributed by atoms with van der Waals surface area (Å²) in [6, 6.07) is 6.96. The van der Waals surface area contributed by atoms with Crippen molar-refractivity contribution in [1.29, 1.82) is 0 Å². The van der Waals surface area contributed by atoms with Gasteiger partial charge in [-0.25, -0.2) is 8.42 Å². The van der Waals surface area contributed by atoms with Crippen LogP contribution in [0.3, 0.4) is 0 Å². The molecule has 0 spiro atoms. The first-order valence-corrected chi connectivity index (χ1v) is 11.2. The van der Waals surface area contributed by atoms with E-state index in [1.54, 1.807) is 6.07 Å². The van der Waals surface area contributed by atoms with Crippen LogP contribution in [0.5, 0.6) is 0 Å². The summed E-state index contributed by atoms with van der Waals surface area (Å²) in [6.45, 7) is 0.576. The first-order chi connectivity index (χ1) is 11.9. The zero-order valence-electron chi connectivity index (χ0n) is 13.3. The summed E-state index contributed by atoms with van der Waals surface area (Å²) in [7, 11) is -3.10. The first kappa shape index (κ1) is 17.3. The SMILES string of the molecule is O=C(N=C1S[C@H]2CS(=O)(=O)C[C@@H]2N1c1ccccc1Cl)[C@@H]1CCCO1. The van der Waals surface area contributed by atoms with E-state index in [0.717, 1.165) is 6.42 Å². The van der Waals surface area contributed by atoms with Gasteiger partial charge in [-0.15, -0.1) is 0 Å². The quantitative estimate of drug-likeness (QED) is 0.756. The van der Waals surface area contributed by atoms with Crippen LogP contribution >= 0.6 is 23.4 Å². The van der Waals surface area contributed by atoms with Gasteiger partial charge in [-0.3, -0.25) is 4.79 Å². The van der Waals surface area contributed by atoms with Crippen molar-refractivity contribution in [3.8, 4) is 0 Å². The van der Waals surface area contributed by atoms with Crippen LogP contribution in [0.25, 0.3) is 0 Å². The molecule has 0 radical (unpaired) electrons.